The molecule has 1 saturated carbocycles. The van der Waals surface area contributed by atoms with Gasteiger partial charge in [-0.15, -0.1) is 0 Å². The number of rotatable bonds is 13. The van der Waals surface area contributed by atoms with E-state index in [0.29, 0.717) is 30.1 Å². The number of halogens is 2. The van der Waals surface area contributed by atoms with Gasteiger partial charge in [-0.25, -0.2) is 9.37 Å². The second-order valence-electron chi connectivity index (χ2n) is 14.2. The lowest BCUT2D eigenvalue weighted by atomic mass is 9.91. The van der Waals surface area contributed by atoms with E-state index in [1.54, 1.807) is 12.1 Å². The van der Waals surface area contributed by atoms with Crippen LogP contribution in [0.2, 0.25) is 5.02 Å². The quantitative estimate of drug-likeness (QED) is 0.0702. The Morgan fingerprint density at radius 3 is 2.55 bits per heavy atom. The molecule has 12 heteroatoms. The average Bonchev–Trinajstić information content (AvgIpc) is 3.91. The van der Waals surface area contributed by atoms with Crippen molar-refractivity contribution in [3.05, 3.63) is 117 Å². The molecule has 2 amide bonds. The molecule has 1 aromatic heterocycles. The van der Waals surface area contributed by atoms with Crippen molar-refractivity contribution in [3.63, 3.8) is 0 Å². The number of carbonyl (C=O) groups is 2. The number of nitrogens with two attached hydrogens (primary N) is 1. The maximum absolute atomic E-state index is 14.2. The van der Waals surface area contributed by atoms with Crippen LogP contribution in [0, 0.1) is 12.7 Å². The first-order valence-corrected chi connectivity index (χ1v) is 20.4. The van der Waals surface area contributed by atoms with Gasteiger partial charge >= 0.3 is 0 Å². The molecule has 0 bridgehead atoms. The number of aliphatic hydroxyl groups excluding tert-OH is 1. The minimum Gasteiger partial charge on any atom is -0.400 e. The average molecular weight is 813 g/mol. The number of hydrogen-bond acceptors (Lipinski definition) is 7. The topological polar surface area (TPSA) is 135 Å². The fourth-order valence-electron chi connectivity index (χ4n) is 7.37. The van der Waals surface area contributed by atoms with Crippen molar-refractivity contribution in [2.24, 2.45) is 10.7 Å². The van der Waals surface area contributed by atoms with E-state index in [1.165, 1.54) is 6.07 Å². The number of anilines is 1. The Morgan fingerprint density at radius 2 is 1.91 bits per heavy atom. The fourth-order valence-corrected chi connectivity index (χ4v) is 7.53. The van der Waals surface area contributed by atoms with E-state index in [0.717, 1.165) is 109 Å². The van der Waals surface area contributed by atoms with Gasteiger partial charge in [0.05, 0.1) is 41.3 Å². The second kappa shape index (κ2) is 21.7. The van der Waals surface area contributed by atoms with Crippen molar-refractivity contribution >= 4 is 47.4 Å². The number of allylic oxidation sites excluding steroid dienone is 4. The van der Waals surface area contributed by atoms with Gasteiger partial charge in [-0.1, -0.05) is 62.7 Å². The Balaban J connectivity index is 0.00000100. The van der Waals surface area contributed by atoms with Gasteiger partial charge in [0.2, 0.25) is 12.3 Å². The number of aliphatic imine (C=N–C) groups is 1. The molecule has 3 aromatic carbocycles. The Kier molecular flexibility index (Phi) is 17.1. The number of ether oxygens (including phenoxy) is 1. The summed E-state index contributed by atoms with van der Waals surface area (Å²) in [4.78, 5) is 33.2. The standard InChI is InChI=1S/C42H45ClFN5O2.C2H6.CH3NO.CH4O/c1-5-20-51-28(3)25-49-38-23-31(32-21-27(2)40-34(22-32)42(16-17-42)41(50)47-40)11-13-37(38)46-39(49)26-48-18-14-30(15-19-48)36(45-4)9-7-6-8-29-10-12-33(43)24-35(29)44;1-2;2-1-3;1-2/h6-7,9-14,21-24,28H,4-5,8,15-20,25-26H2,1-3H3,(H,47,50);1-2H3;1H,(H2,2,3);2H,1H3/b7-6-,36-9-;;;. The first kappa shape index (κ1) is 45.8. The van der Waals surface area contributed by atoms with Gasteiger partial charge < -0.3 is 25.5 Å². The molecule has 1 unspecified atom stereocenters. The van der Waals surface area contributed by atoms with Crippen LogP contribution >= 0.6 is 11.6 Å². The molecular formula is C46H58ClFN6O4. The van der Waals surface area contributed by atoms with Gasteiger partial charge in [0.1, 0.15) is 11.6 Å². The lowest BCUT2D eigenvalue weighted by molar-refractivity contribution is -0.117. The molecule has 1 aliphatic carbocycles. The van der Waals surface area contributed by atoms with E-state index in [9.17, 15) is 9.18 Å². The molecule has 7 rings (SSSR count). The van der Waals surface area contributed by atoms with E-state index in [4.69, 9.17) is 31.2 Å². The number of nitrogens with zero attached hydrogens (tertiary/aromatic N) is 4. The first-order chi connectivity index (χ1) is 28.1. The number of primary amides is 1. The smallest absolute Gasteiger partial charge is 0.235 e. The van der Waals surface area contributed by atoms with Crippen molar-refractivity contribution in [2.45, 2.75) is 91.3 Å². The number of carbonyl (C=O) groups excluding carboxylic acids is 2. The lowest BCUT2D eigenvalue weighted by Crippen LogP contribution is -2.30. The highest BCUT2D eigenvalue weighted by atomic mass is 35.5. The highest BCUT2D eigenvalue weighted by molar-refractivity contribution is 6.30. The number of hydrogen-bond donors (Lipinski definition) is 3. The molecule has 2 aliphatic heterocycles. The maximum atomic E-state index is 14.2. The van der Waals surface area contributed by atoms with Crippen LogP contribution in [0.5, 0.6) is 0 Å². The molecular weight excluding hydrogens is 755 g/mol. The van der Waals surface area contributed by atoms with Crippen LogP contribution in [0.4, 0.5) is 10.1 Å². The Bertz CT molecular complexity index is 2160. The summed E-state index contributed by atoms with van der Waals surface area (Å²) in [7, 11) is 1.00. The van der Waals surface area contributed by atoms with E-state index < -0.39 is 0 Å². The summed E-state index contributed by atoms with van der Waals surface area (Å²) >= 11 is 5.88. The van der Waals surface area contributed by atoms with E-state index in [1.807, 2.05) is 32.1 Å². The molecule has 310 valence electrons. The monoisotopic (exact) mass is 812 g/mol. The summed E-state index contributed by atoms with van der Waals surface area (Å²) < 4.78 is 22.6. The van der Waals surface area contributed by atoms with Gasteiger partial charge in [-0.3, -0.25) is 19.5 Å². The van der Waals surface area contributed by atoms with Crippen molar-refractivity contribution in [1.82, 2.24) is 14.5 Å². The van der Waals surface area contributed by atoms with E-state index in [-0.39, 0.29) is 29.7 Å². The molecule has 1 atom stereocenters. The third-order valence-electron chi connectivity index (χ3n) is 10.4. The molecule has 3 heterocycles. The van der Waals surface area contributed by atoms with Crippen LogP contribution in [-0.4, -0.2) is 71.5 Å². The summed E-state index contributed by atoms with van der Waals surface area (Å²) in [5, 5.41) is 10.5. The maximum Gasteiger partial charge on any atom is 0.235 e. The normalized spacial score (nSPS) is 15.9. The van der Waals surface area contributed by atoms with Crippen LogP contribution in [0.25, 0.3) is 22.2 Å². The summed E-state index contributed by atoms with van der Waals surface area (Å²) in [6.07, 6.45) is 12.4. The number of nitrogens with one attached hydrogen (secondary N) is 1. The van der Waals surface area contributed by atoms with Crippen molar-refractivity contribution in [3.8, 4) is 11.1 Å². The summed E-state index contributed by atoms with van der Waals surface area (Å²) in [6.45, 7) is 17.9. The third kappa shape index (κ3) is 10.8. The summed E-state index contributed by atoms with van der Waals surface area (Å²) in [5.74, 6) is 0.851. The molecule has 1 fully saturated rings. The predicted molar refractivity (Wildman–Crippen MR) is 235 cm³/mol. The zero-order valence-electron chi connectivity index (χ0n) is 34.7. The van der Waals surface area contributed by atoms with Crippen LogP contribution in [-0.2, 0) is 39.3 Å². The van der Waals surface area contributed by atoms with E-state index in [2.05, 4.69) is 89.4 Å². The van der Waals surface area contributed by atoms with Gasteiger partial charge in [-0.05, 0) is 129 Å². The number of benzene rings is 3. The molecule has 58 heavy (non-hydrogen) atoms. The SMILES string of the molecule is C=N/C(=C\C=C/Cc1ccc(Cl)cc1F)C1=CCN(Cc2nc3ccc(-c4cc(C)c5c(c4)C4(CC4)C(=O)N5)cc3n2CC(C)OCCC)CC1.CC.CO.NC=O. The van der Waals surface area contributed by atoms with Gasteiger partial charge in [-0.2, -0.15) is 0 Å². The first-order valence-electron chi connectivity index (χ1n) is 20.0. The van der Waals surface area contributed by atoms with Crippen molar-refractivity contribution in [2.75, 3.05) is 32.1 Å². The molecule has 0 radical (unpaired) electrons. The fraction of sp³-hybridized carbons (Fsp3) is 0.391. The van der Waals surface area contributed by atoms with Crippen LogP contribution in [0.15, 0.2) is 89.1 Å². The lowest BCUT2D eigenvalue weighted by Gasteiger charge is -2.26. The number of amides is 2. The Labute approximate surface area is 347 Å². The minimum absolute atomic E-state index is 0.0299. The molecule has 10 nitrogen and oxygen atoms in total. The number of aliphatic hydroxyl groups is 1. The highest BCUT2D eigenvalue weighted by Gasteiger charge is 2.56. The van der Waals surface area contributed by atoms with Gasteiger partial charge in [0.25, 0.3) is 0 Å². The largest absolute Gasteiger partial charge is 0.400 e. The summed E-state index contributed by atoms with van der Waals surface area (Å²) in [5.41, 5.74) is 13.9. The highest BCUT2D eigenvalue weighted by Crippen LogP contribution is 2.56. The van der Waals surface area contributed by atoms with Crippen LogP contribution in [0.3, 0.4) is 0 Å². The third-order valence-corrected chi connectivity index (χ3v) is 10.6. The number of aryl methyl sites for hydroxylation is 1. The van der Waals surface area contributed by atoms with E-state index >= 15 is 0 Å². The molecule has 1 spiro atoms. The molecule has 4 aromatic rings. The van der Waals surface area contributed by atoms with Crippen LogP contribution in [0.1, 0.15) is 75.9 Å². The van der Waals surface area contributed by atoms with Crippen LogP contribution < -0.4 is 11.1 Å². The Morgan fingerprint density at radius 1 is 1.17 bits per heavy atom. The molecule has 4 N–H and O–H groups in total. The Hall–Kier alpha value is -4.94. The number of aromatic nitrogens is 2. The van der Waals surface area contributed by atoms with Gasteiger partial charge in [0.15, 0.2) is 0 Å². The minimum atomic E-state index is -0.336. The van der Waals surface area contributed by atoms with Crippen molar-refractivity contribution < 1.29 is 23.8 Å². The second-order valence-corrected chi connectivity index (χ2v) is 14.6. The number of imidazole rings is 1. The van der Waals surface area contributed by atoms with Gasteiger partial charge in [0, 0.05) is 37.5 Å². The molecule has 0 saturated heterocycles. The molecule has 3 aliphatic rings. The summed E-state index contributed by atoms with van der Waals surface area (Å²) in [6, 6.07) is 15.7. The van der Waals surface area contributed by atoms with Crippen molar-refractivity contribution in [1.29, 1.82) is 0 Å². The zero-order valence-corrected chi connectivity index (χ0v) is 35.4. The number of fused-ring (bicyclic) bond motifs is 3. The zero-order chi connectivity index (χ0) is 42.4. The predicted octanol–water partition coefficient (Wildman–Crippen LogP) is 8.85.